The first kappa shape index (κ1) is 16.0. The van der Waals surface area contributed by atoms with E-state index in [9.17, 15) is 12.8 Å². The maximum atomic E-state index is 13.6. The smallest absolute Gasteiger partial charge is 0.240 e. The van der Waals surface area contributed by atoms with E-state index in [4.69, 9.17) is 5.73 Å². The van der Waals surface area contributed by atoms with Crippen molar-refractivity contribution in [3.05, 3.63) is 29.1 Å². The van der Waals surface area contributed by atoms with E-state index in [1.807, 2.05) is 19.0 Å². The largest absolute Gasteiger partial charge is 0.326 e. The first-order valence-electron chi connectivity index (χ1n) is 5.91. The molecule has 0 atom stereocenters. The molecule has 0 aliphatic heterocycles. The predicted octanol–water partition coefficient (Wildman–Crippen LogP) is 0.433. The second-order valence-electron chi connectivity index (χ2n) is 4.62. The van der Waals surface area contributed by atoms with Gasteiger partial charge in [-0.1, -0.05) is 0 Å². The fourth-order valence-electron chi connectivity index (χ4n) is 1.60. The van der Waals surface area contributed by atoms with Gasteiger partial charge in [0.25, 0.3) is 0 Å². The Morgan fingerprint density at radius 3 is 2.53 bits per heavy atom. The Kier molecular flexibility index (Phi) is 5.42. The lowest BCUT2D eigenvalue weighted by Crippen LogP contribution is -2.31. The minimum Gasteiger partial charge on any atom is -0.326 e. The van der Waals surface area contributed by atoms with Crippen LogP contribution in [0.3, 0.4) is 0 Å². The normalized spacial score (nSPS) is 12.1. The van der Waals surface area contributed by atoms with E-state index in [1.54, 1.807) is 0 Å². The molecule has 108 valence electrons. The zero-order chi connectivity index (χ0) is 14.6. The Labute approximate surface area is 113 Å². The SMILES string of the molecule is Cc1cc(S(=O)(=O)NCCN(C)C)cc(CN)c1F. The van der Waals surface area contributed by atoms with Crippen LogP contribution in [0.25, 0.3) is 0 Å². The molecule has 0 saturated carbocycles. The molecule has 0 heterocycles. The highest BCUT2D eigenvalue weighted by molar-refractivity contribution is 7.89. The van der Waals surface area contributed by atoms with Crippen LogP contribution in [-0.4, -0.2) is 40.5 Å². The molecule has 5 nitrogen and oxygen atoms in total. The molecule has 0 fully saturated rings. The van der Waals surface area contributed by atoms with Crippen LogP contribution in [0.2, 0.25) is 0 Å². The van der Waals surface area contributed by atoms with Crippen molar-refractivity contribution in [2.24, 2.45) is 5.73 Å². The van der Waals surface area contributed by atoms with Crippen molar-refractivity contribution in [1.29, 1.82) is 0 Å². The predicted molar refractivity (Wildman–Crippen MR) is 72.8 cm³/mol. The average Bonchev–Trinajstić information content (AvgIpc) is 2.31. The van der Waals surface area contributed by atoms with Crippen molar-refractivity contribution in [2.75, 3.05) is 27.2 Å². The maximum Gasteiger partial charge on any atom is 0.240 e. The first-order valence-corrected chi connectivity index (χ1v) is 7.39. The highest BCUT2D eigenvalue weighted by atomic mass is 32.2. The number of aryl methyl sites for hydroxylation is 1. The van der Waals surface area contributed by atoms with Gasteiger partial charge in [0, 0.05) is 25.2 Å². The van der Waals surface area contributed by atoms with Gasteiger partial charge < -0.3 is 10.6 Å². The van der Waals surface area contributed by atoms with Gasteiger partial charge in [-0.3, -0.25) is 0 Å². The average molecular weight is 289 g/mol. The van der Waals surface area contributed by atoms with Gasteiger partial charge in [0.1, 0.15) is 5.82 Å². The van der Waals surface area contributed by atoms with Gasteiger partial charge in [0.2, 0.25) is 10.0 Å². The van der Waals surface area contributed by atoms with Crippen molar-refractivity contribution >= 4 is 10.0 Å². The van der Waals surface area contributed by atoms with E-state index in [0.717, 1.165) is 0 Å². The second-order valence-corrected chi connectivity index (χ2v) is 6.39. The van der Waals surface area contributed by atoms with E-state index >= 15 is 0 Å². The molecule has 0 saturated heterocycles. The van der Waals surface area contributed by atoms with E-state index in [2.05, 4.69) is 4.72 Å². The number of likely N-dealkylation sites (N-methyl/N-ethyl adjacent to an activating group) is 1. The Morgan fingerprint density at radius 1 is 1.37 bits per heavy atom. The van der Waals surface area contributed by atoms with Crippen LogP contribution in [0.15, 0.2) is 17.0 Å². The molecular formula is C12H20FN3O2S. The van der Waals surface area contributed by atoms with Crippen LogP contribution in [0.1, 0.15) is 11.1 Å². The molecular weight excluding hydrogens is 269 g/mol. The number of nitrogens with one attached hydrogen (secondary N) is 1. The lowest BCUT2D eigenvalue weighted by atomic mass is 10.1. The van der Waals surface area contributed by atoms with Crippen LogP contribution < -0.4 is 10.5 Å². The van der Waals surface area contributed by atoms with Gasteiger partial charge in [0.15, 0.2) is 0 Å². The van der Waals surface area contributed by atoms with Gasteiger partial charge >= 0.3 is 0 Å². The number of hydrogen-bond acceptors (Lipinski definition) is 4. The number of nitrogens with two attached hydrogens (primary N) is 1. The van der Waals surface area contributed by atoms with Gasteiger partial charge in [-0.2, -0.15) is 0 Å². The minimum absolute atomic E-state index is 0.0340. The molecule has 0 aromatic heterocycles. The van der Waals surface area contributed by atoms with Gasteiger partial charge in [0.05, 0.1) is 4.90 Å². The van der Waals surface area contributed by atoms with Gasteiger partial charge in [-0.25, -0.2) is 17.5 Å². The summed E-state index contributed by atoms with van der Waals surface area (Å²) in [6.45, 7) is 2.37. The van der Waals surface area contributed by atoms with Gasteiger partial charge in [-0.15, -0.1) is 0 Å². The number of rotatable bonds is 6. The minimum atomic E-state index is -3.63. The van der Waals surface area contributed by atoms with Crippen LogP contribution in [0.5, 0.6) is 0 Å². The van der Waals surface area contributed by atoms with E-state index in [-0.39, 0.29) is 22.6 Å². The van der Waals surface area contributed by atoms with Crippen LogP contribution >= 0.6 is 0 Å². The fourth-order valence-corrected chi connectivity index (χ4v) is 2.75. The quantitative estimate of drug-likeness (QED) is 0.796. The molecule has 0 amide bonds. The lowest BCUT2D eigenvalue weighted by Gasteiger charge is -2.12. The van der Waals surface area contributed by atoms with E-state index in [1.165, 1.54) is 19.1 Å². The van der Waals surface area contributed by atoms with Crippen molar-refractivity contribution in [1.82, 2.24) is 9.62 Å². The summed E-state index contributed by atoms with van der Waals surface area (Å²) >= 11 is 0. The van der Waals surface area contributed by atoms with Crippen LogP contribution in [0.4, 0.5) is 4.39 Å². The Hall–Kier alpha value is -1.02. The van der Waals surface area contributed by atoms with Gasteiger partial charge in [-0.05, 0) is 38.7 Å². The summed E-state index contributed by atoms with van der Waals surface area (Å²) in [5.74, 6) is -0.449. The summed E-state index contributed by atoms with van der Waals surface area (Å²) < 4.78 is 40.2. The molecule has 1 aromatic rings. The molecule has 0 unspecified atom stereocenters. The lowest BCUT2D eigenvalue weighted by molar-refractivity contribution is 0.412. The summed E-state index contributed by atoms with van der Waals surface area (Å²) in [4.78, 5) is 1.91. The summed E-state index contributed by atoms with van der Waals surface area (Å²) in [5.41, 5.74) is 5.89. The van der Waals surface area contributed by atoms with Crippen LogP contribution in [0, 0.1) is 12.7 Å². The summed E-state index contributed by atoms with van der Waals surface area (Å²) in [7, 11) is 0.0734. The van der Waals surface area contributed by atoms with Crippen molar-refractivity contribution in [3.8, 4) is 0 Å². The molecule has 0 aliphatic rings. The first-order chi connectivity index (χ1) is 8.77. The van der Waals surface area contributed by atoms with Crippen molar-refractivity contribution < 1.29 is 12.8 Å². The Morgan fingerprint density at radius 2 is 2.00 bits per heavy atom. The van der Waals surface area contributed by atoms with Crippen LogP contribution in [-0.2, 0) is 16.6 Å². The standard InChI is InChI=1S/C12H20FN3O2S/c1-9-6-11(7-10(8-14)12(9)13)19(17,18)15-4-5-16(2)3/h6-7,15H,4-5,8,14H2,1-3H3. The third-order valence-electron chi connectivity index (χ3n) is 2.68. The van der Waals surface area contributed by atoms with E-state index < -0.39 is 15.8 Å². The third-order valence-corrected chi connectivity index (χ3v) is 4.13. The monoisotopic (exact) mass is 289 g/mol. The fraction of sp³-hybridized carbons (Fsp3) is 0.500. The topological polar surface area (TPSA) is 75.4 Å². The molecule has 1 aromatic carbocycles. The number of hydrogen-bond donors (Lipinski definition) is 2. The number of nitrogens with zero attached hydrogens (tertiary/aromatic N) is 1. The second kappa shape index (κ2) is 6.42. The summed E-state index contributed by atoms with van der Waals surface area (Å²) in [6.07, 6.45) is 0. The Bertz CT molecular complexity index is 544. The highest BCUT2D eigenvalue weighted by Crippen LogP contribution is 2.18. The summed E-state index contributed by atoms with van der Waals surface area (Å²) in [6, 6.07) is 2.59. The zero-order valence-corrected chi connectivity index (χ0v) is 12.2. The molecule has 0 radical (unpaired) electrons. The number of halogens is 1. The van der Waals surface area contributed by atoms with Crippen molar-refractivity contribution in [2.45, 2.75) is 18.4 Å². The van der Waals surface area contributed by atoms with Crippen molar-refractivity contribution in [3.63, 3.8) is 0 Å². The molecule has 0 aliphatic carbocycles. The Balaban J connectivity index is 2.98. The number of benzene rings is 1. The summed E-state index contributed by atoms with van der Waals surface area (Å²) in [5, 5.41) is 0. The third kappa shape index (κ3) is 4.24. The molecule has 7 heteroatoms. The molecule has 3 N–H and O–H groups in total. The van der Waals surface area contributed by atoms with E-state index in [0.29, 0.717) is 13.1 Å². The maximum absolute atomic E-state index is 13.6. The zero-order valence-electron chi connectivity index (χ0n) is 11.4. The molecule has 1 rings (SSSR count). The number of sulfonamides is 1. The molecule has 0 spiro atoms. The highest BCUT2D eigenvalue weighted by Gasteiger charge is 2.17. The molecule has 19 heavy (non-hydrogen) atoms. The molecule has 0 bridgehead atoms.